The highest BCUT2D eigenvalue weighted by Crippen LogP contribution is 2.42. The van der Waals surface area contributed by atoms with Crippen molar-refractivity contribution in [1.29, 1.82) is 0 Å². The number of hydrogen-bond acceptors (Lipinski definition) is 2. The fraction of sp³-hybridized carbons (Fsp3) is 0.400. The van der Waals surface area contributed by atoms with Crippen molar-refractivity contribution in [2.75, 3.05) is 20.2 Å². The van der Waals surface area contributed by atoms with Gasteiger partial charge in [-0.1, -0.05) is 86.6 Å². The van der Waals surface area contributed by atoms with Crippen molar-refractivity contribution >= 4 is 12.4 Å². The number of fused-ring (bicyclic) bond motifs is 1. The van der Waals surface area contributed by atoms with Gasteiger partial charge >= 0.3 is 0 Å². The lowest BCUT2D eigenvalue weighted by Crippen LogP contribution is -2.53. The predicted molar refractivity (Wildman–Crippen MR) is 143 cm³/mol. The third kappa shape index (κ3) is 5.19. The Morgan fingerprint density at radius 2 is 1.36 bits per heavy atom. The first-order valence-corrected chi connectivity index (χ1v) is 12.2. The van der Waals surface area contributed by atoms with Crippen molar-refractivity contribution in [3.63, 3.8) is 0 Å². The third-order valence-corrected chi connectivity index (χ3v) is 7.17. The second kappa shape index (κ2) is 11.3. The van der Waals surface area contributed by atoms with Gasteiger partial charge in [-0.05, 0) is 79.1 Å². The molecule has 3 aromatic rings. The van der Waals surface area contributed by atoms with Gasteiger partial charge in [0.25, 0.3) is 0 Å². The topological polar surface area (TPSA) is 12.5 Å². The maximum absolute atomic E-state index is 6.26. The second-order valence-corrected chi connectivity index (χ2v) is 9.22. The van der Waals surface area contributed by atoms with Gasteiger partial charge in [0.1, 0.15) is 5.60 Å². The van der Waals surface area contributed by atoms with E-state index in [0.717, 1.165) is 25.9 Å². The quantitative estimate of drug-likeness (QED) is 0.338. The minimum Gasteiger partial charge on any atom is -0.372 e. The van der Waals surface area contributed by atoms with Gasteiger partial charge in [0.15, 0.2) is 0 Å². The smallest absolute Gasteiger partial charge is 0.106 e. The molecule has 1 aliphatic rings. The van der Waals surface area contributed by atoms with E-state index in [-0.39, 0.29) is 18.0 Å². The molecule has 0 N–H and O–H groups in total. The summed E-state index contributed by atoms with van der Waals surface area (Å²) in [5.74, 6) is 0. The molecule has 0 aromatic heterocycles. The SMILES string of the molecule is CCCN(CCC)C1CCc2cc(-c3ccc(-c4ccccc4)cc3)ccc2C1(C)OC.Cl. The Labute approximate surface area is 206 Å². The molecule has 3 aromatic carbocycles. The Bertz CT molecular complexity index is 1010. The molecule has 0 saturated heterocycles. The van der Waals surface area contributed by atoms with Gasteiger partial charge in [-0.15, -0.1) is 12.4 Å². The molecule has 2 atom stereocenters. The lowest BCUT2D eigenvalue weighted by atomic mass is 9.74. The van der Waals surface area contributed by atoms with Crippen LogP contribution < -0.4 is 0 Å². The Hall–Kier alpha value is -2.13. The maximum Gasteiger partial charge on any atom is 0.106 e. The number of benzene rings is 3. The van der Waals surface area contributed by atoms with Gasteiger partial charge in [-0.2, -0.15) is 0 Å². The molecule has 2 nitrogen and oxygen atoms in total. The Balaban J connectivity index is 0.00000306. The number of halogens is 1. The average molecular weight is 464 g/mol. The maximum atomic E-state index is 6.26. The highest BCUT2D eigenvalue weighted by molar-refractivity contribution is 5.85. The number of aryl methyl sites for hydroxylation is 1. The summed E-state index contributed by atoms with van der Waals surface area (Å²) in [4.78, 5) is 2.66. The number of methoxy groups -OCH3 is 1. The number of rotatable bonds is 8. The molecule has 0 amide bonds. The van der Waals surface area contributed by atoms with Crippen LogP contribution in [0.4, 0.5) is 0 Å². The van der Waals surface area contributed by atoms with E-state index in [9.17, 15) is 0 Å². The molecular formula is C30H38ClNO. The van der Waals surface area contributed by atoms with E-state index in [1.54, 1.807) is 0 Å². The zero-order valence-corrected chi connectivity index (χ0v) is 21.3. The van der Waals surface area contributed by atoms with Crippen LogP contribution in [0, 0.1) is 0 Å². The van der Waals surface area contributed by atoms with Crippen LogP contribution in [0.2, 0.25) is 0 Å². The molecule has 2 unspecified atom stereocenters. The Morgan fingerprint density at radius 1 is 0.818 bits per heavy atom. The fourth-order valence-electron chi connectivity index (χ4n) is 5.47. The highest BCUT2D eigenvalue weighted by Gasteiger charge is 2.43. The summed E-state index contributed by atoms with van der Waals surface area (Å²) in [5.41, 5.74) is 7.60. The normalized spacial score (nSPS) is 19.7. The zero-order chi connectivity index (χ0) is 22.6. The largest absolute Gasteiger partial charge is 0.372 e. The van der Waals surface area contributed by atoms with E-state index in [1.165, 1.54) is 46.2 Å². The average Bonchev–Trinajstić information content (AvgIpc) is 2.84. The first kappa shape index (κ1) is 25.5. The number of hydrogen-bond donors (Lipinski definition) is 0. The van der Waals surface area contributed by atoms with Gasteiger partial charge in [0, 0.05) is 13.2 Å². The first-order valence-electron chi connectivity index (χ1n) is 12.2. The van der Waals surface area contributed by atoms with Crippen molar-refractivity contribution < 1.29 is 4.74 Å². The molecule has 33 heavy (non-hydrogen) atoms. The molecule has 0 saturated carbocycles. The van der Waals surface area contributed by atoms with E-state index >= 15 is 0 Å². The van der Waals surface area contributed by atoms with E-state index in [0.29, 0.717) is 6.04 Å². The number of nitrogens with zero attached hydrogens (tertiary/aromatic N) is 1. The zero-order valence-electron chi connectivity index (χ0n) is 20.5. The first-order chi connectivity index (χ1) is 15.6. The van der Waals surface area contributed by atoms with Crippen molar-refractivity contribution in [3.05, 3.63) is 83.9 Å². The molecule has 0 bridgehead atoms. The molecule has 1 aliphatic carbocycles. The molecule has 3 heteroatoms. The summed E-state index contributed by atoms with van der Waals surface area (Å²) in [6.07, 6.45) is 4.62. The molecule has 4 rings (SSSR count). The van der Waals surface area contributed by atoms with Gasteiger partial charge in [-0.3, -0.25) is 4.90 Å². The monoisotopic (exact) mass is 463 g/mol. The Kier molecular flexibility index (Phi) is 8.75. The minimum absolute atomic E-state index is 0. The van der Waals surface area contributed by atoms with E-state index in [4.69, 9.17) is 4.74 Å². The number of ether oxygens (including phenoxy) is 1. The van der Waals surface area contributed by atoms with Crippen LogP contribution in [0.3, 0.4) is 0 Å². The van der Waals surface area contributed by atoms with Crippen LogP contribution in [0.15, 0.2) is 72.8 Å². The molecule has 0 spiro atoms. The standard InChI is InChI=1S/C30H37NO.ClH/c1-5-20-31(21-6-2)29-19-17-27-22-26(16-18-28(27)30(29,3)32-4)25-14-12-24(13-15-25)23-10-8-7-9-11-23;/h7-16,18,22,29H,5-6,17,19-21H2,1-4H3;1H. The summed E-state index contributed by atoms with van der Waals surface area (Å²) in [7, 11) is 1.88. The molecule has 176 valence electrons. The lowest BCUT2D eigenvalue weighted by Gasteiger charge is -2.47. The minimum atomic E-state index is -0.270. The van der Waals surface area contributed by atoms with Crippen molar-refractivity contribution in [1.82, 2.24) is 4.90 Å². The molecule has 0 aliphatic heterocycles. The van der Waals surface area contributed by atoms with E-state index < -0.39 is 0 Å². The van der Waals surface area contributed by atoms with Gasteiger partial charge in [-0.25, -0.2) is 0 Å². The van der Waals surface area contributed by atoms with Crippen molar-refractivity contribution in [3.8, 4) is 22.3 Å². The van der Waals surface area contributed by atoms with Gasteiger partial charge in [0.05, 0.1) is 0 Å². The third-order valence-electron chi connectivity index (χ3n) is 7.17. The summed E-state index contributed by atoms with van der Waals surface area (Å²) in [5, 5.41) is 0. The summed E-state index contributed by atoms with van der Waals surface area (Å²) < 4.78 is 6.26. The molecule has 0 heterocycles. The van der Waals surface area contributed by atoms with Crippen LogP contribution in [0.25, 0.3) is 22.3 Å². The molecule has 0 fully saturated rings. The van der Waals surface area contributed by atoms with Crippen LogP contribution in [0.5, 0.6) is 0 Å². The van der Waals surface area contributed by atoms with Gasteiger partial charge < -0.3 is 4.74 Å². The predicted octanol–water partition coefficient (Wildman–Crippen LogP) is 7.74. The summed E-state index contributed by atoms with van der Waals surface area (Å²) in [6, 6.07) is 26.9. The van der Waals surface area contributed by atoms with Crippen LogP contribution in [-0.4, -0.2) is 31.1 Å². The van der Waals surface area contributed by atoms with Crippen LogP contribution in [-0.2, 0) is 16.8 Å². The summed E-state index contributed by atoms with van der Waals surface area (Å²) in [6.45, 7) is 9.12. The summed E-state index contributed by atoms with van der Waals surface area (Å²) >= 11 is 0. The fourth-order valence-corrected chi connectivity index (χ4v) is 5.47. The highest BCUT2D eigenvalue weighted by atomic mass is 35.5. The van der Waals surface area contributed by atoms with Crippen LogP contribution >= 0.6 is 12.4 Å². The van der Waals surface area contributed by atoms with E-state index in [2.05, 4.69) is 98.5 Å². The van der Waals surface area contributed by atoms with Crippen molar-refractivity contribution in [2.45, 2.75) is 58.1 Å². The molecular weight excluding hydrogens is 426 g/mol. The van der Waals surface area contributed by atoms with Crippen LogP contribution in [0.1, 0.15) is 51.2 Å². The lowest BCUT2D eigenvalue weighted by molar-refractivity contribution is -0.0808. The van der Waals surface area contributed by atoms with Gasteiger partial charge in [0.2, 0.25) is 0 Å². The van der Waals surface area contributed by atoms with Crippen molar-refractivity contribution in [2.24, 2.45) is 0 Å². The van der Waals surface area contributed by atoms with E-state index in [1.807, 2.05) is 7.11 Å². The molecule has 0 radical (unpaired) electrons. The second-order valence-electron chi connectivity index (χ2n) is 9.22. The Morgan fingerprint density at radius 3 is 1.94 bits per heavy atom.